The molecule has 0 amide bonds. The predicted molar refractivity (Wildman–Crippen MR) is 47.2 cm³/mol. The Morgan fingerprint density at radius 1 is 1.50 bits per heavy atom. The Morgan fingerprint density at radius 3 is 2.92 bits per heavy atom. The number of rotatable bonds is 1. The van der Waals surface area contributed by atoms with Crippen molar-refractivity contribution in [2.75, 3.05) is 19.3 Å². The number of nitrogen functional groups attached to an aromatic ring is 1. The average molecular weight is 162 g/mol. The van der Waals surface area contributed by atoms with E-state index in [1.807, 2.05) is 7.05 Å². The Bertz CT molecular complexity index is 293. The van der Waals surface area contributed by atoms with E-state index < -0.39 is 0 Å². The molecule has 0 saturated carbocycles. The number of anilines is 1. The van der Waals surface area contributed by atoms with E-state index in [1.54, 1.807) is 12.1 Å². The summed E-state index contributed by atoms with van der Waals surface area (Å²) in [5.74, 6) is 6.11. The lowest BCUT2D eigenvalue weighted by molar-refractivity contribution is 0.937. The van der Waals surface area contributed by atoms with Crippen LogP contribution in [0.4, 0.5) is 5.82 Å². The lowest BCUT2D eigenvalue weighted by Gasteiger charge is -1.89. The zero-order chi connectivity index (χ0) is 8.81. The molecule has 0 bridgehead atoms. The van der Waals surface area contributed by atoms with Crippen LogP contribution in [0.3, 0.4) is 0 Å². The summed E-state index contributed by atoms with van der Waals surface area (Å²) in [7, 11) is 1.84. The molecular weight excluding hydrogens is 152 g/mol. The molecule has 0 unspecified atom stereocenters. The molecule has 1 aromatic heterocycles. The van der Waals surface area contributed by atoms with Crippen LogP contribution in [0, 0.1) is 11.8 Å². The number of nitrogens with zero attached hydrogens (tertiary/aromatic N) is 2. The van der Waals surface area contributed by atoms with Crippen molar-refractivity contribution in [3.63, 3.8) is 0 Å². The molecule has 4 heteroatoms. The fraction of sp³-hybridized carbons (Fsp3) is 0.250. The number of nitrogens with one attached hydrogen (secondary N) is 1. The van der Waals surface area contributed by atoms with Gasteiger partial charge in [-0.2, -0.15) is 0 Å². The van der Waals surface area contributed by atoms with E-state index in [1.165, 1.54) is 0 Å². The Hall–Kier alpha value is -1.60. The largest absolute Gasteiger partial charge is 0.382 e. The van der Waals surface area contributed by atoms with Gasteiger partial charge in [0, 0.05) is 0 Å². The minimum atomic E-state index is 0.411. The molecule has 0 aliphatic rings. The van der Waals surface area contributed by atoms with Crippen LogP contribution in [-0.2, 0) is 0 Å². The first-order valence-electron chi connectivity index (χ1n) is 3.55. The van der Waals surface area contributed by atoms with Gasteiger partial charge in [-0.05, 0) is 25.1 Å². The van der Waals surface area contributed by atoms with Gasteiger partial charge in [-0.15, -0.1) is 10.2 Å². The highest BCUT2D eigenvalue weighted by Gasteiger charge is 1.87. The van der Waals surface area contributed by atoms with E-state index in [-0.39, 0.29) is 0 Å². The van der Waals surface area contributed by atoms with Crippen LogP contribution in [0.1, 0.15) is 5.69 Å². The van der Waals surface area contributed by atoms with Crippen molar-refractivity contribution in [2.24, 2.45) is 0 Å². The molecule has 0 spiro atoms. The first-order valence-corrected chi connectivity index (χ1v) is 3.55. The maximum Gasteiger partial charge on any atom is 0.146 e. The average Bonchev–Trinajstić information content (AvgIpc) is 2.09. The first kappa shape index (κ1) is 8.50. The Labute approximate surface area is 71.2 Å². The van der Waals surface area contributed by atoms with Crippen LogP contribution in [0.5, 0.6) is 0 Å². The van der Waals surface area contributed by atoms with E-state index >= 15 is 0 Å². The standard InChI is InChI=1S/C8H10N4/c1-10-6-2-3-7-4-5-8(9)12-11-7/h4-5,10H,6H2,1H3,(H2,9,12). The van der Waals surface area contributed by atoms with Crippen molar-refractivity contribution in [1.29, 1.82) is 0 Å². The highest BCUT2D eigenvalue weighted by atomic mass is 15.1. The number of hydrogen-bond donors (Lipinski definition) is 2. The van der Waals surface area contributed by atoms with Crippen molar-refractivity contribution < 1.29 is 0 Å². The maximum absolute atomic E-state index is 5.35. The summed E-state index contributed by atoms with van der Waals surface area (Å²) in [5.41, 5.74) is 5.99. The third-order valence-electron chi connectivity index (χ3n) is 1.17. The second kappa shape index (κ2) is 4.31. The molecule has 62 valence electrons. The van der Waals surface area contributed by atoms with Gasteiger partial charge >= 0.3 is 0 Å². The third kappa shape index (κ3) is 2.56. The fourth-order valence-corrected chi connectivity index (χ4v) is 0.632. The summed E-state index contributed by atoms with van der Waals surface area (Å²) in [6, 6.07) is 3.42. The normalized spacial score (nSPS) is 8.75. The SMILES string of the molecule is CNCC#Cc1ccc(N)nn1. The molecule has 0 fully saturated rings. The Kier molecular flexibility index (Phi) is 3.05. The minimum Gasteiger partial charge on any atom is -0.382 e. The summed E-state index contributed by atoms with van der Waals surface area (Å²) in [6.07, 6.45) is 0. The molecule has 4 nitrogen and oxygen atoms in total. The fourth-order valence-electron chi connectivity index (χ4n) is 0.632. The summed E-state index contributed by atoms with van der Waals surface area (Å²) < 4.78 is 0. The molecular formula is C8H10N4. The van der Waals surface area contributed by atoms with E-state index in [0.717, 1.165) is 0 Å². The molecule has 0 saturated heterocycles. The number of nitrogens with two attached hydrogens (primary N) is 1. The van der Waals surface area contributed by atoms with Crippen LogP contribution in [0.25, 0.3) is 0 Å². The van der Waals surface area contributed by atoms with Crippen molar-refractivity contribution in [3.05, 3.63) is 17.8 Å². The van der Waals surface area contributed by atoms with Gasteiger partial charge in [0.2, 0.25) is 0 Å². The zero-order valence-corrected chi connectivity index (χ0v) is 6.83. The van der Waals surface area contributed by atoms with Gasteiger partial charge in [0.05, 0.1) is 6.54 Å². The summed E-state index contributed by atoms with van der Waals surface area (Å²) in [4.78, 5) is 0. The molecule has 0 aromatic carbocycles. The minimum absolute atomic E-state index is 0.411. The van der Waals surface area contributed by atoms with E-state index in [0.29, 0.717) is 18.1 Å². The Balaban J connectivity index is 2.66. The van der Waals surface area contributed by atoms with Crippen LogP contribution >= 0.6 is 0 Å². The molecule has 1 heterocycles. The molecule has 0 aliphatic carbocycles. The van der Waals surface area contributed by atoms with Crippen LogP contribution in [-0.4, -0.2) is 23.8 Å². The van der Waals surface area contributed by atoms with Crippen molar-refractivity contribution in [1.82, 2.24) is 15.5 Å². The topological polar surface area (TPSA) is 63.8 Å². The van der Waals surface area contributed by atoms with E-state index in [9.17, 15) is 0 Å². The van der Waals surface area contributed by atoms with Crippen LogP contribution in [0.15, 0.2) is 12.1 Å². The molecule has 1 aromatic rings. The van der Waals surface area contributed by atoms with Gasteiger partial charge in [0.15, 0.2) is 0 Å². The lowest BCUT2D eigenvalue weighted by Crippen LogP contribution is -2.04. The van der Waals surface area contributed by atoms with Gasteiger partial charge in [-0.3, -0.25) is 0 Å². The van der Waals surface area contributed by atoms with E-state index in [4.69, 9.17) is 5.73 Å². The zero-order valence-electron chi connectivity index (χ0n) is 6.83. The Morgan fingerprint density at radius 2 is 2.33 bits per heavy atom. The summed E-state index contributed by atoms with van der Waals surface area (Å²) in [5, 5.41) is 10.3. The first-order chi connectivity index (χ1) is 5.83. The molecule has 0 atom stereocenters. The van der Waals surface area contributed by atoms with Crippen molar-refractivity contribution in [3.8, 4) is 11.8 Å². The van der Waals surface area contributed by atoms with Crippen LogP contribution < -0.4 is 11.1 Å². The monoisotopic (exact) mass is 162 g/mol. The second-order valence-electron chi connectivity index (χ2n) is 2.18. The smallest absolute Gasteiger partial charge is 0.146 e. The highest BCUT2D eigenvalue weighted by molar-refractivity contribution is 5.32. The van der Waals surface area contributed by atoms with Crippen molar-refractivity contribution in [2.45, 2.75) is 0 Å². The van der Waals surface area contributed by atoms with Gasteiger partial charge in [-0.25, -0.2) is 0 Å². The summed E-state index contributed by atoms with van der Waals surface area (Å²) in [6.45, 7) is 0.645. The molecule has 3 N–H and O–H groups in total. The lowest BCUT2D eigenvalue weighted by atomic mass is 10.4. The predicted octanol–water partition coefficient (Wildman–Crippen LogP) is -0.370. The second-order valence-corrected chi connectivity index (χ2v) is 2.18. The highest BCUT2D eigenvalue weighted by Crippen LogP contribution is 1.94. The molecule has 0 aliphatic heterocycles. The van der Waals surface area contributed by atoms with Gasteiger partial charge < -0.3 is 11.1 Å². The molecule has 12 heavy (non-hydrogen) atoms. The van der Waals surface area contributed by atoms with Crippen molar-refractivity contribution >= 4 is 5.82 Å². The van der Waals surface area contributed by atoms with Crippen LogP contribution in [0.2, 0.25) is 0 Å². The molecule has 0 radical (unpaired) electrons. The van der Waals surface area contributed by atoms with Gasteiger partial charge in [-0.1, -0.05) is 5.92 Å². The quantitative estimate of drug-likeness (QED) is 0.553. The number of aromatic nitrogens is 2. The van der Waals surface area contributed by atoms with E-state index in [2.05, 4.69) is 27.4 Å². The number of hydrogen-bond acceptors (Lipinski definition) is 4. The molecule has 1 rings (SSSR count). The van der Waals surface area contributed by atoms with Gasteiger partial charge in [0.1, 0.15) is 11.5 Å². The summed E-state index contributed by atoms with van der Waals surface area (Å²) >= 11 is 0. The van der Waals surface area contributed by atoms with Gasteiger partial charge in [0.25, 0.3) is 0 Å². The maximum atomic E-state index is 5.35. The third-order valence-corrected chi connectivity index (χ3v) is 1.17.